The lowest BCUT2D eigenvalue weighted by atomic mass is 10.3. The molecule has 17 heavy (non-hydrogen) atoms. The number of carbonyl (C=O) groups is 1. The molecule has 0 spiro atoms. The van der Waals surface area contributed by atoms with Crippen molar-refractivity contribution in [1.29, 1.82) is 0 Å². The van der Waals surface area contributed by atoms with Gasteiger partial charge >= 0.3 is 6.16 Å². The smallest absolute Gasteiger partial charge is 0.504 e. The van der Waals surface area contributed by atoms with Crippen molar-refractivity contribution >= 4 is 6.16 Å². The van der Waals surface area contributed by atoms with Crippen LogP contribution in [0.3, 0.4) is 0 Å². The molecule has 0 bridgehead atoms. The molecule has 5 heteroatoms. The van der Waals surface area contributed by atoms with Crippen LogP contribution in [-0.2, 0) is 4.74 Å². The van der Waals surface area contributed by atoms with Crippen LogP contribution < -0.4 is 9.47 Å². The Morgan fingerprint density at radius 3 is 2.76 bits per heavy atom. The summed E-state index contributed by atoms with van der Waals surface area (Å²) in [6, 6.07) is 4.31. The van der Waals surface area contributed by atoms with Crippen LogP contribution in [0.1, 0.15) is 19.8 Å². The van der Waals surface area contributed by atoms with Crippen molar-refractivity contribution in [2.45, 2.75) is 19.8 Å². The third-order valence-corrected chi connectivity index (χ3v) is 2.07. The molecule has 1 rings (SSSR count). The zero-order chi connectivity index (χ0) is 12.7. The number of ether oxygens (including phenoxy) is 3. The Labute approximate surface area is 99.9 Å². The van der Waals surface area contributed by atoms with Gasteiger partial charge in [0.1, 0.15) is 5.75 Å². The van der Waals surface area contributed by atoms with Crippen molar-refractivity contribution in [3.63, 3.8) is 0 Å². The maximum Gasteiger partial charge on any atom is 0.513 e. The molecule has 0 fully saturated rings. The lowest BCUT2D eigenvalue weighted by molar-refractivity contribution is 0.0977. The van der Waals surface area contributed by atoms with Crippen molar-refractivity contribution in [2.75, 3.05) is 13.7 Å². The van der Waals surface area contributed by atoms with Crippen molar-refractivity contribution < 1.29 is 24.1 Å². The van der Waals surface area contributed by atoms with E-state index in [1.165, 1.54) is 25.3 Å². The molecule has 1 aromatic carbocycles. The highest BCUT2D eigenvalue weighted by atomic mass is 16.7. The first-order valence-corrected chi connectivity index (χ1v) is 5.39. The fourth-order valence-corrected chi connectivity index (χ4v) is 1.16. The summed E-state index contributed by atoms with van der Waals surface area (Å²) in [5.41, 5.74) is 0. The molecule has 0 heterocycles. The number of phenols is 1. The summed E-state index contributed by atoms with van der Waals surface area (Å²) in [4.78, 5) is 11.2. The van der Waals surface area contributed by atoms with E-state index in [-0.39, 0.29) is 11.5 Å². The van der Waals surface area contributed by atoms with Gasteiger partial charge < -0.3 is 19.3 Å². The Hall–Kier alpha value is -1.91. The summed E-state index contributed by atoms with van der Waals surface area (Å²) in [5.74, 6) is 0.438. The molecule has 1 N–H and O–H groups in total. The van der Waals surface area contributed by atoms with Gasteiger partial charge in [0.05, 0.1) is 13.7 Å². The van der Waals surface area contributed by atoms with Gasteiger partial charge in [0.25, 0.3) is 0 Å². The van der Waals surface area contributed by atoms with Crippen LogP contribution in [0.5, 0.6) is 17.2 Å². The zero-order valence-corrected chi connectivity index (χ0v) is 9.93. The second kappa shape index (κ2) is 6.62. The standard InChI is InChI=1S/C12H16O5/c1-3-4-7-16-12(14)17-9-5-6-11(15-2)10(13)8-9/h5-6,8,13H,3-4,7H2,1-2H3. The Morgan fingerprint density at radius 1 is 1.41 bits per heavy atom. The highest BCUT2D eigenvalue weighted by Gasteiger charge is 2.08. The lowest BCUT2D eigenvalue weighted by Crippen LogP contribution is -2.11. The molecule has 5 nitrogen and oxygen atoms in total. The van der Waals surface area contributed by atoms with Crippen molar-refractivity contribution in [3.05, 3.63) is 18.2 Å². The first kappa shape index (κ1) is 13.2. The largest absolute Gasteiger partial charge is 0.513 e. The van der Waals surface area contributed by atoms with Gasteiger partial charge in [-0.3, -0.25) is 0 Å². The fourth-order valence-electron chi connectivity index (χ4n) is 1.16. The maximum absolute atomic E-state index is 11.2. The van der Waals surface area contributed by atoms with Gasteiger partial charge in [-0.2, -0.15) is 0 Å². The number of aromatic hydroxyl groups is 1. The average molecular weight is 240 g/mol. The molecule has 0 aliphatic rings. The number of benzene rings is 1. The molecule has 0 amide bonds. The van der Waals surface area contributed by atoms with Gasteiger partial charge in [-0.15, -0.1) is 0 Å². The van der Waals surface area contributed by atoms with E-state index in [1.807, 2.05) is 6.92 Å². The molecule has 94 valence electrons. The minimum atomic E-state index is -0.775. The highest BCUT2D eigenvalue weighted by Crippen LogP contribution is 2.29. The lowest BCUT2D eigenvalue weighted by Gasteiger charge is -2.07. The number of rotatable bonds is 5. The van der Waals surface area contributed by atoms with Crippen LogP contribution in [0.15, 0.2) is 18.2 Å². The normalized spacial score (nSPS) is 9.76. The number of phenolic OH excluding ortho intramolecular Hbond substituents is 1. The summed E-state index contributed by atoms with van der Waals surface area (Å²) < 4.78 is 14.5. The Morgan fingerprint density at radius 2 is 2.18 bits per heavy atom. The number of hydrogen-bond acceptors (Lipinski definition) is 5. The summed E-state index contributed by atoms with van der Waals surface area (Å²) in [7, 11) is 1.44. The van der Waals surface area contributed by atoms with E-state index in [0.29, 0.717) is 12.4 Å². The van der Waals surface area contributed by atoms with Crippen LogP contribution in [-0.4, -0.2) is 25.0 Å². The van der Waals surface area contributed by atoms with Crippen LogP contribution in [0.4, 0.5) is 4.79 Å². The van der Waals surface area contributed by atoms with Crippen molar-refractivity contribution in [1.82, 2.24) is 0 Å². The molecule has 0 unspecified atom stereocenters. The predicted molar refractivity (Wildman–Crippen MR) is 61.5 cm³/mol. The molecule has 1 aromatic rings. The van der Waals surface area contributed by atoms with Crippen LogP contribution in [0.25, 0.3) is 0 Å². The van der Waals surface area contributed by atoms with Crippen LogP contribution >= 0.6 is 0 Å². The SMILES string of the molecule is CCCCOC(=O)Oc1ccc(OC)c(O)c1. The second-order valence-electron chi connectivity index (χ2n) is 3.39. The van der Waals surface area contributed by atoms with E-state index in [0.717, 1.165) is 12.8 Å². The Bertz CT molecular complexity index is 375. The second-order valence-corrected chi connectivity index (χ2v) is 3.39. The maximum atomic E-state index is 11.2. The van der Waals surface area contributed by atoms with E-state index in [1.54, 1.807) is 0 Å². The number of hydrogen-bond donors (Lipinski definition) is 1. The molecular formula is C12H16O5. The summed E-state index contributed by atoms with van der Waals surface area (Å²) >= 11 is 0. The van der Waals surface area contributed by atoms with Gasteiger partial charge in [-0.1, -0.05) is 13.3 Å². The Balaban J connectivity index is 2.51. The van der Waals surface area contributed by atoms with Crippen molar-refractivity contribution in [2.24, 2.45) is 0 Å². The average Bonchev–Trinajstić information content (AvgIpc) is 2.29. The minimum absolute atomic E-state index is 0.0913. The van der Waals surface area contributed by atoms with E-state index < -0.39 is 6.16 Å². The number of unbranched alkanes of at least 4 members (excludes halogenated alkanes) is 1. The van der Waals surface area contributed by atoms with E-state index >= 15 is 0 Å². The van der Waals surface area contributed by atoms with Crippen LogP contribution in [0.2, 0.25) is 0 Å². The van der Waals surface area contributed by atoms with Crippen LogP contribution in [0, 0.1) is 0 Å². The monoisotopic (exact) mass is 240 g/mol. The molecule has 0 aromatic heterocycles. The third-order valence-electron chi connectivity index (χ3n) is 2.07. The van der Waals surface area contributed by atoms with Gasteiger partial charge in [-0.05, 0) is 18.6 Å². The van der Waals surface area contributed by atoms with E-state index in [2.05, 4.69) is 0 Å². The van der Waals surface area contributed by atoms with Gasteiger partial charge in [0.15, 0.2) is 11.5 Å². The quantitative estimate of drug-likeness (QED) is 0.487. The molecule has 0 saturated carbocycles. The number of carbonyl (C=O) groups excluding carboxylic acids is 1. The summed E-state index contributed by atoms with van der Waals surface area (Å²) in [6.07, 6.45) is 0.961. The minimum Gasteiger partial charge on any atom is -0.504 e. The topological polar surface area (TPSA) is 65.0 Å². The third kappa shape index (κ3) is 4.22. The number of methoxy groups -OCH3 is 1. The molecular weight excluding hydrogens is 224 g/mol. The molecule has 0 atom stereocenters. The molecule has 0 aliphatic heterocycles. The molecule has 0 radical (unpaired) electrons. The summed E-state index contributed by atoms with van der Waals surface area (Å²) in [6.45, 7) is 2.33. The first-order valence-electron chi connectivity index (χ1n) is 5.39. The zero-order valence-electron chi connectivity index (χ0n) is 9.93. The van der Waals surface area contributed by atoms with Gasteiger partial charge in [0.2, 0.25) is 0 Å². The molecule has 0 saturated heterocycles. The Kier molecular flexibility index (Phi) is 5.13. The van der Waals surface area contributed by atoms with E-state index in [4.69, 9.17) is 14.2 Å². The fraction of sp³-hybridized carbons (Fsp3) is 0.417. The van der Waals surface area contributed by atoms with Gasteiger partial charge in [-0.25, -0.2) is 4.79 Å². The summed E-state index contributed by atoms with van der Waals surface area (Å²) in [5, 5.41) is 9.46. The highest BCUT2D eigenvalue weighted by molar-refractivity contribution is 5.64. The van der Waals surface area contributed by atoms with Crippen molar-refractivity contribution in [3.8, 4) is 17.2 Å². The molecule has 0 aliphatic carbocycles. The first-order chi connectivity index (χ1) is 8.17. The predicted octanol–water partition coefficient (Wildman–Crippen LogP) is 2.72. The van der Waals surface area contributed by atoms with Gasteiger partial charge in [0, 0.05) is 6.07 Å². The van der Waals surface area contributed by atoms with E-state index in [9.17, 15) is 9.90 Å².